The molecule has 0 amide bonds. The summed E-state index contributed by atoms with van der Waals surface area (Å²) in [4.78, 5) is 14.7. The van der Waals surface area contributed by atoms with Gasteiger partial charge in [-0.1, -0.05) is 6.92 Å². The van der Waals surface area contributed by atoms with Crippen LogP contribution in [0.1, 0.15) is 43.0 Å². The first-order chi connectivity index (χ1) is 9.36. The summed E-state index contributed by atoms with van der Waals surface area (Å²) in [6.45, 7) is 2.16. The Bertz CT molecular complexity index is 505. The Morgan fingerprint density at radius 2 is 1.85 bits per heavy atom. The van der Waals surface area contributed by atoms with E-state index in [1.165, 1.54) is 0 Å². The minimum Gasteiger partial charge on any atom is -0.297 e. The van der Waals surface area contributed by atoms with Crippen LogP contribution >= 0.6 is 0 Å². The number of benzene rings is 1. The van der Waals surface area contributed by atoms with Crippen molar-refractivity contribution >= 4 is 5.78 Å². The molecule has 1 aromatic rings. The van der Waals surface area contributed by atoms with Crippen LogP contribution in [0.5, 0.6) is 0 Å². The van der Waals surface area contributed by atoms with E-state index in [4.69, 9.17) is 0 Å². The van der Waals surface area contributed by atoms with Crippen molar-refractivity contribution in [2.75, 3.05) is 14.1 Å². The number of hydrogen-bond acceptors (Lipinski definition) is 2. The highest BCUT2D eigenvalue weighted by molar-refractivity contribution is 6.03. The molecule has 0 unspecified atom stereocenters. The molecule has 1 aliphatic rings. The van der Waals surface area contributed by atoms with E-state index in [9.17, 15) is 13.6 Å². The Morgan fingerprint density at radius 1 is 1.25 bits per heavy atom. The fourth-order valence-electron chi connectivity index (χ4n) is 3.04. The summed E-state index contributed by atoms with van der Waals surface area (Å²) in [6, 6.07) is 3.08. The molecular formula is C16H21F2NO. The van der Waals surface area contributed by atoms with Crippen molar-refractivity contribution in [2.45, 2.75) is 38.1 Å². The number of carbonyl (C=O) groups is 1. The van der Waals surface area contributed by atoms with Gasteiger partial charge in [0.2, 0.25) is 0 Å². The van der Waals surface area contributed by atoms with E-state index in [1.807, 2.05) is 19.0 Å². The molecule has 1 aliphatic carbocycles. The third-order valence-corrected chi connectivity index (χ3v) is 4.55. The predicted molar refractivity (Wildman–Crippen MR) is 74.7 cm³/mol. The van der Waals surface area contributed by atoms with Crippen molar-refractivity contribution in [2.24, 2.45) is 5.92 Å². The molecule has 0 aromatic heterocycles. The molecule has 4 heteroatoms. The molecule has 0 spiro atoms. The molecule has 2 nitrogen and oxygen atoms in total. The van der Waals surface area contributed by atoms with Gasteiger partial charge in [-0.25, -0.2) is 8.78 Å². The fourth-order valence-corrected chi connectivity index (χ4v) is 3.04. The number of carbonyl (C=O) groups excluding carboxylic acids is 1. The molecule has 20 heavy (non-hydrogen) atoms. The quantitative estimate of drug-likeness (QED) is 0.788. The van der Waals surface area contributed by atoms with Crippen LogP contribution in [0.4, 0.5) is 8.78 Å². The van der Waals surface area contributed by atoms with Gasteiger partial charge in [-0.15, -0.1) is 0 Å². The zero-order valence-electron chi connectivity index (χ0n) is 12.2. The summed E-state index contributed by atoms with van der Waals surface area (Å²) in [5.41, 5.74) is -0.838. The monoisotopic (exact) mass is 281 g/mol. The van der Waals surface area contributed by atoms with Crippen molar-refractivity contribution < 1.29 is 13.6 Å². The van der Waals surface area contributed by atoms with Gasteiger partial charge in [0, 0.05) is 0 Å². The van der Waals surface area contributed by atoms with Gasteiger partial charge >= 0.3 is 0 Å². The number of rotatable bonds is 3. The minimum atomic E-state index is -0.707. The van der Waals surface area contributed by atoms with Crippen LogP contribution in [-0.4, -0.2) is 30.3 Å². The summed E-state index contributed by atoms with van der Waals surface area (Å²) in [5, 5.41) is 0. The molecule has 110 valence electrons. The summed E-state index contributed by atoms with van der Waals surface area (Å²) < 4.78 is 27.2. The van der Waals surface area contributed by atoms with Crippen LogP contribution in [0.3, 0.4) is 0 Å². The van der Waals surface area contributed by atoms with Gasteiger partial charge in [0.25, 0.3) is 0 Å². The average molecular weight is 281 g/mol. The van der Waals surface area contributed by atoms with Gasteiger partial charge in [0.15, 0.2) is 5.78 Å². The second-order valence-corrected chi connectivity index (χ2v) is 6.06. The first kappa shape index (κ1) is 15.1. The summed E-state index contributed by atoms with van der Waals surface area (Å²) >= 11 is 0. The summed E-state index contributed by atoms with van der Waals surface area (Å²) in [5.74, 6) is -0.941. The maximum Gasteiger partial charge on any atom is 0.186 e. The standard InChI is InChI=1S/C16H21F2NO/c1-11-6-8-16(9-7-11,19(2)3)15(20)13-10-12(17)4-5-14(13)18/h4-5,10-11H,6-9H2,1-3H3. The van der Waals surface area contributed by atoms with Crippen molar-refractivity contribution in [1.82, 2.24) is 4.90 Å². The zero-order chi connectivity index (χ0) is 14.9. The lowest BCUT2D eigenvalue weighted by Gasteiger charge is -2.43. The van der Waals surface area contributed by atoms with E-state index in [0.717, 1.165) is 31.0 Å². The molecule has 1 fully saturated rings. The van der Waals surface area contributed by atoms with Crippen LogP contribution in [0.25, 0.3) is 0 Å². The van der Waals surface area contributed by atoms with Gasteiger partial charge in [0.1, 0.15) is 11.6 Å². The lowest BCUT2D eigenvalue weighted by Crippen LogP contribution is -2.53. The number of Topliss-reactive ketones (excluding diaryl/α,β-unsaturated/α-hetero) is 1. The SMILES string of the molecule is CC1CCC(C(=O)c2cc(F)ccc2F)(N(C)C)CC1. The van der Waals surface area contributed by atoms with Crippen LogP contribution in [-0.2, 0) is 0 Å². The topological polar surface area (TPSA) is 20.3 Å². The second-order valence-electron chi connectivity index (χ2n) is 6.06. The fraction of sp³-hybridized carbons (Fsp3) is 0.562. The largest absolute Gasteiger partial charge is 0.297 e. The molecule has 2 rings (SSSR count). The van der Waals surface area contributed by atoms with Crippen molar-refractivity contribution in [3.8, 4) is 0 Å². The molecule has 0 aliphatic heterocycles. The Morgan fingerprint density at radius 3 is 2.40 bits per heavy atom. The number of ketones is 1. The molecule has 0 bridgehead atoms. The highest BCUT2D eigenvalue weighted by Gasteiger charge is 2.44. The average Bonchev–Trinajstić information content (AvgIpc) is 2.41. The molecule has 0 N–H and O–H groups in total. The van der Waals surface area contributed by atoms with Gasteiger partial charge in [-0.2, -0.15) is 0 Å². The second kappa shape index (κ2) is 5.60. The molecule has 1 aromatic carbocycles. The normalized spacial score (nSPS) is 26.8. The Balaban J connectivity index is 2.39. The summed E-state index contributed by atoms with van der Waals surface area (Å²) in [7, 11) is 3.68. The first-order valence-electron chi connectivity index (χ1n) is 7.04. The smallest absolute Gasteiger partial charge is 0.186 e. The van der Waals surface area contributed by atoms with E-state index in [2.05, 4.69) is 6.92 Å². The van der Waals surface area contributed by atoms with Gasteiger partial charge < -0.3 is 0 Å². The molecule has 0 heterocycles. The van der Waals surface area contributed by atoms with E-state index in [1.54, 1.807) is 0 Å². The Kier molecular flexibility index (Phi) is 4.23. The van der Waals surface area contributed by atoms with Crippen LogP contribution in [0.15, 0.2) is 18.2 Å². The molecule has 0 atom stereocenters. The third-order valence-electron chi connectivity index (χ3n) is 4.55. The minimum absolute atomic E-state index is 0.131. The maximum absolute atomic E-state index is 13.9. The molecule has 0 radical (unpaired) electrons. The van der Waals surface area contributed by atoms with Crippen molar-refractivity contribution in [3.05, 3.63) is 35.4 Å². The van der Waals surface area contributed by atoms with Crippen LogP contribution < -0.4 is 0 Å². The van der Waals surface area contributed by atoms with Crippen molar-refractivity contribution in [1.29, 1.82) is 0 Å². The number of likely N-dealkylation sites (N-methyl/N-ethyl adjacent to an activating group) is 1. The van der Waals surface area contributed by atoms with E-state index in [-0.39, 0.29) is 11.3 Å². The Hall–Kier alpha value is -1.29. The zero-order valence-corrected chi connectivity index (χ0v) is 12.2. The molecule has 0 saturated heterocycles. The highest BCUT2D eigenvalue weighted by atomic mass is 19.1. The molecular weight excluding hydrogens is 260 g/mol. The Labute approximate surface area is 118 Å². The lowest BCUT2D eigenvalue weighted by atomic mass is 9.72. The first-order valence-corrected chi connectivity index (χ1v) is 7.04. The van der Waals surface area contributed by atoms with Crippen LogP contribution in [0.2, 0.25) is 0 Å². The van der Waals surface area contributed by atoms with Crippen molar-refractivity contribution in [3.63, 3.8) is 0 Å². The van der Waals surface area contributed by atoms with E-state index >= 15 is 0 Å². The van der Waals surface area contributed by atoms with Gasteiger partial charge in [-0.3, -0.25) is 9.69 Å². The maximum atomic E-state index is 13.9. The van der Waals surface area contributed by atoms with E-state index in [0.29, 0.717) is 18.8 Å². The van der Waals surface area contributed by atoms with Gasteiger partial charge in [0.05, 0.1) is 11.1 Å². The number of hydrogen-bond donors (Lipinski definition) is 0. The third kappa shape index (κ3) is 2.62. The lowest BCUT2D eigenvalue weighted by molar-refractivity contribution is 0.0508. The highest BCUT2D eigenvalue weighted by Crippen LogP contribution is 2.38. The number of nitrogens with zero attached hydrogens (tertiary/aromatic N) is 1. The van der Waals surface area contributed by atoms with E-state index < -0.39 is 17.2 Å². The van der Waals surface area contributed by atoms with Crippen LogP contribution in [0, 0.1) is 17.6 Å². The summed E-state index contributed by atoms with van der Waals surface area (Å²) in [6.07, 6.45) is 3.24. The number of halogens is 2. The van der Waals surface area contributed by atoms with Gasteiger partial charge in [-0.05, 0) is 63.9 Å². The molecule has 1 saturated carbocycles. The predicted octanol–water partition coefficient (Wildman–Crippen LogP) is 3.66.